The Hall–Kier alpha value is -3.20. The van der Waals surface area contributed by atoms with E-state index in [-0.39, 0.29) is 17.3 Å². The van der Waals surface area contributed by atoms with Crippen molar-refractivity contribution in [1.82, 2.24) is 24.6 Å². The summed E-state index contributed by atoms with van der Waals surface area (Å²) in [5, 5.41) is 5.43. The number of aromatic nitrogens is 3. The van der Waals surface area contributed by atoms with E-state index in [4.69, 9.17) is 4.74 Å². The van der Waals surface area contributed by atoms with E-state index >= 15 is 0 Å². The first kappa shape index (κ1) is 23.2. The van der Waals surface area contributed by atoms with E-state index in [9.17, 15) is 9.18 Å². The molecular weight excluding hydrogens is 459 g/mol. The summed E-state index contributed by atoms with van der Waals surface area (Å²) in [4.78, 5) is 23.3. The zero-order chi connectivity index (χ0) is 24.9. The molecule has 0 radical (unpaired) electrons. The molecule has 3 fully saturated rings. The molecule has 3 aromatic rings. The predicted molar refractivity (Wildman–Crippen MR) is 136 cm³/mol. The fourth-order valence-corrected chi connectivity index (χ4v) is 6.51. The number of likely N-dealkylation sites (tertiary alicyclic amines) is 1. The minimum Gasteiger partial charge on any atom is -0.450 e. The summed E-state index contributed by atoms with van der Waals surface area (Å²) in [5.41, 5.74) is 3.01. The van der Waals surface area contributed by atoms with Crippen LogP contribution in [0.3, 0.4) is 0 Å². The quantitative estimate of drug-likeness (QED) is 0.550. The highest BCUT2D eigenvalue weighted by Crippen LogP contribution is 2.47. The van der Waals surface area contributed by atoms with Crippen LogP contribution in [0, 0.1) is 11.2 Å². The molecule has 1 amide bonds. The number of carbonyl (C=O) groups excluding carboxylic acids is 1. The number of pyridine rings is 1. The van der Waals surface area contributed by atoms with Gasteiger partial charge in [0.25, 0.3) is 0 Å². The molecule has 3 aliphatic rings. The lowest BCUT2D eigenvalue weighted by molar-refractivity contribution is -0.00294. The number of ether oxygens (including phenoxy) is 1. The van der Waals surface area contributed by atoms with E-state index in [1.54, 1.807) is 6.07 Å². The number of halogens is 1. The highest BCUT2D eigenvalue weighted by molar-refractivity contribution is 5.96. The number of benzene rings is 1. The number of hydrogen-bond donors (Lipinski definition) is 0. The average molecular weight is 493 g/mol. The van der Waals surface area contributed by atoms with Crippen LogP contribution in [0.4, 0.5) is 15.0 Å². The molecule has 2 saturated heterocycles. The normalized spacial score (nSPS) is 21.8. The second-order valence-electron chi connectivity index (χ2n) is 10.5. The number of piperazine rings is 1. The summed E-state index contributed by atoms with van der Waals surface area (Å²) >= 11 is 0. The van der Waals surface area contributed by atoms with E-state index in [1.165, 1.54) is 19.0 Å². The Balaban J connectivity index is 1.15. The smallest absolute Gasteiger partial charge is 0.409 e. The first-order valence-electron chi connectivity index (χ1n) is 12.9. The average Bonchev–Trinajstić information content (AvgIpc) is 3.48. The van der Waals surface area contributed by atoms with E-state index in [0.717, 1.165) is 73.5 Å². The third-order valence-electron chi connectivity index (χ3n) is 8.27. The molecule has 2 aromatic heterocycles. The summed E-state index contributed by atoms with van der Waals surface area (Å²) in [6, 6.07) is 8.20. The lowest BCUT2D eigenvalue weighted by atomic mass is 9.78. The lowest BCUT2D eigenvalue weighted by Gasteiger charge is -2.48. The maximum Gasteiger partial charge on any atom is 0.409 e. The molecule has 1 saturated carbocycles. The number of anilines is 1. The monoisotopic (exact) mass is 492 g/mol. The van der Waals surface area contributed by atoms with Gasteiger partial charge in [0.1, 0.15) is 11.6 Å². The highest BCUT2D eigenvalue weighted by atomic mass is 19.1. The second kappa shape index (κ2) is 9.03. The van der Waals surface area contributed by atoms with Crippen LogP contribution in [0.25, 0.3) is 22.0 Å². The Kier molecular flexibility index (Phi) is 5.82. The lowest BCUT2D eigenvalue weighted by Crippen LogP contribution is -2.58. The molecule has 190 valence electrons. The van der Waals surface area contributed by atoms with E-state index in [2.05, 4.69) is 19.9 Å². The Morgan fingerprint density at radius 3 is 2.75 bits per heavy atom. The second-order valence-corrected chi connectivity index (χ2v) is 10.5. The summed E-state index contributed by atoms with van der Waals surface area (Å²) in [7, 11) is 1.92. The van der Waals surface area contributed by atoms with Gasteiger partial charge in [0.2, 0.25) is 0 Å². The van der Waals surface area contributed by atoms with Crippen LogP contribution in [-0.2, 0) is 11.8 Å². The van der Waals surface area contributed by atoms with Crippen molar-refractivity contribution in [1.29, 1.82) is 0 Å². The number of para-hydroxylation sites is 1. The molecule has 2 aliphatic heterocycles. The zero-order valence-corrected chi connectivity index (χ0v) is 21.0. The predicted octanol–water partition coefficient (Wildman–Crippen LogP) is 3.91. The van der Waals surface area contributed by atoms with Gasteiger partial charge >= 0.3 is 6.09 Å². The van der Waals surface area contributed by atoms with Crippen LogP contribution >= 0.6 is 0 Å². The molecule has 0 bridgehead atoms. The molecule has 6 rings (SSSR count). The van der Waals surface area contributed by atoms with Crippen molar-refractivity contribution in [2.24, 2.45) is 12.5 Å². The fraction of sp³-hybridized carbons (Fsp3) is 0.519. The van der Waals surface area contributed by atoms with E-state index < -0.39 is 0 Å². The number of amides is 1. The molecule has 1 aromatic carbocycles. The van der Waals surface area contributed by atoms with Crippen molar-refractivity contribution in [3.63, 3.8) is 0 Å². The topological polar surface area (TPSA) is 66.7 Å². The summed E-state index contributed by atoms with van der Waals surface area (Å²) in [6.07, 6.45) is 6.48. The van der Waals surface area contributed by atoms with Crippen molar-refractivity contribution in [3.8, 4) is 11.1 Å². The Labute approximate surface area is 210 Å². The van der Waals surface area contributed by atoms with Crippen molar-refractivity contribution >= 4 is 22.8 Å². The van der Waals surface area contributed by atoms with Gasteiger partial charge in [-0.05, 0) is 32.3 Å². The van der Waals surface area contributed by atoms with Gasteiger partial charge in [-0.15, -0.1) is 0 Å². The number of fused-ring (bicyclic) bond motifs is 1. The maximum atomic E-state index is 14.4. The molecule has 9 heteroatoms. The largest absolute Gasteiger partial charge is 0.450 e. The number of rotatable bonds is 4. The molecule has 1 spiro atoms. The third-order valence-corrected chi connectivity index (χ3v) is 8.27. The van der Waals surface area contributed by atoms with Crippen LogP contribution in [0.1, 0.15) is 26.2 Å². The van der Waals surface area contributed by atoms with Crippen LogP contribution in [0.5, 0.6) is 0 Å². The molecule has 1 atom stereocenters. The minimum absolute atomic E-state index is 0.176. The maximum absolute atomic E-state index is 14.4. The molecule has 0 N–H and O–H groups in total. The van der Waals surface area contributed by atoms with Gasteiger partial charge in [0.05, 0.1) is 24.5 Å². The number of hydrogen-bond acceptors (Lipinski definition) is 6. The first-order valence-corrected chi connectivity index (χ1v) is 12.9. The van der Waals surface area contributed by atoms with Gasteiger partial charge in [-0.2, -0.15) is 5.10 Å². The number of aryl methyl sites for hydroxylation is 1. The van der Waals surface area contributed by atoms with Crippen LogP contribution in [0.15, 0.2) is 36.7 Å². The third kappa shape index (κ3) is 3.99. The van der Waals surface area contributed by atoms with Crippen LogP contribution in [0.2, 0.25) is 0 Å². The molecule has 4 heterocycles. The number of carbonyl (C=O) groups is 1. The fourth-order valence-electron chi connectivity index (χ4n) is 6.51. The van der Waals surface area contributed by atoms with Gasteiger partial charge in [-0.1, -0.05) is 18.2 Å². The van der Waals surface area contributed by atoms with Gasteiger partial charge in [0.15, 0.2) is 0 Å². The SMILES string of the molecule is CCOC(=O)N1CC2(CC[C@@H](N3CCN(c4ncc(F)cc4-c4cccc5cnn(C)c45)CC3)C2)C1. The summed E-state index contributed by atoms with van der Waals surface area (Å²) in [5.74, 6) is 0.497. The molecule has 0 unspecified atom stereocenters. The van der Waals surface area contributed by atoms with Crippen molar-refractivity contribution in [3.05, 3.63) is 42.5 Å². The van der Waals surface area contributed by atoms with Gasteiger partial charge < -0.3 is 14.5 Å². The summed E-state index contributed by atoms with van der Waals surface area (Å²) in [6.45, 7) is 7.54. The van der Waals surface area contributed by atoms with Crippen LogP contribution in [-0.4, -0.2) is 82.6 Å². The van der Waals surface area contributed by atoms with Gasteiger partial charge in [-0.25, -0.2) is 14.2 Å². The molecule has 36 heavy (non-hydrogen) atoms. The highest BCUT2D eigenvalue weighted by Gasteiger charge is 2.51. The van der Waals surface area contributed by atoms with Crippen molar-refractivity contribution in [2.75, 3.05) is 50.8 Å². The Morgan fingerprint density at radius 2 is 1.97 bits per heavy atom. The van der Waals surface area contributed by atoms with Gasteiger partial charge in [-0.3, -0.25) is 9.58 Å². The Bertz CT molecular complexity index is 1280. The minimum atomic E-state index is -0.333. The van der Waals surface area contributed by atoms with Gasteiger partial charge in [0, 0.05) is 74.3 Å². The van der Waals surface area contributed by atoms with Crippen molar-refractivity contribution < 1.29 is 13.9 Å². The number of nitrogens with zero attached hydrogens (tertiary/aromatic N) is 6. The van der Waals surface area contributed by atoms with Crippen molar-refractivity contribution in [2.45, 2.75) is 32.2 Å². The zero-order valence-electron chi connectivity index (χ0n) is 21.0. The standard InChI is InChI=1S/C27H33FN6O2/c1-3-36-26(35)34-17-27(18-34)8-7-21(14-27)32-9-11-33(12-10-32)25-23(13-20(28)16-29-25)22-6-4-5-19-15-30-31(2)24(19)22/h4-6,13,15-16,21H,3,7-12,14,17-18H2,1-2H3/t21-/m1/s1. The molecule has 8 nitrogen and oxygen atoms in total. The van der Waals surface area contributed by atoms with E-state index in [1.807, 2.05) is 47.9 Å². The first-order chi connectivity index (χ1) is 17.5. The Morgan fingerprint density at radius 1 is 1.17 bits per heavy atom. The van der Waals surface area contributed by atoms with E-state index in [0.29, 0.717) is 12.6 Å². The molecular formula is C27H33FN6O2. The molecule has 1 aliphatic carbocycles. The summed E-state index contributed by atoms with van der Waals surface area (Å²) < 4.78 is 21.4. The van der Waals surface area contributed by atoms with Crippen LogP contribution < -0.4 is 4.90 Å².